The maximum absolute atomic E-state index is 11.3. The van der Waals surface area contributed by atoms with Gasteiger partial charge in [-0.1, -0.05) is 11.6 Å². The topological polar surface area (TPSA) is 49.8 Å². The highest BCUT2D eigenvalue weighted by atomic mass is 79.9. The minimum atomic E-state index is -0.699. The van der Waals surface area contributed by atoms with Crippen molar-refractivity contribution in [2.45, 2.75) is 18.9 Å². The van der Waals surface area contributed by atoms with Gasteiger partial charge in [0.1, 0.15) is 5.75 Å². The highest BCUT2D eigenvalue weighted by Gasteiger charge is 2.32. The lowest BCUT2D eigenvalue weighted by Crippen LogP contribution is -2.39. The summed E-state index contributed by atoms with van der Waals surface area (Å²) in [6, 6.07) is 9.79. The summed E-state index contributed by atoms with van der Waals surface area (Å²) >= 11 is 11.5. The highest BCUT2D eigenvalue weighted by Crippen LogP contribution is 2.41. The Morgan fingerprint density at radius 1 is 1.36 bits per heavy atom. The predicted octanol–water partition coefficient (Wildman–Crippen LogP) is 5.06. The van der Waals surface area contributed by atoms with Gasteiger partial charge in [-0.3, -0.25) is 9.69 Å². The SMILES string of the molecule is COc1ccc(Cl)cc1C(c1ccc(Br)s1)N1CCC(C(=O)O)CC1. The first kappa shape index (κ1) is 18.7. The number of methoxy groups -OCH3 is 1. The second kappa shape index (κ2) is 8.08. The number of carboxylic acids is 1. The largest absolute Gasteiger partial charge is 0.496 e. The lowest BCUT2D eigenvalue weighted by Gasteiger charge is -2.37. The van der Waals surface area contributed by atoms with Crippen molar-refractivity contribution >= 4 is 44.8 Å². The maximum Gasteiger partial charge on any atom is 0.306 e. The number of halogens is 2. The molecule has 1 aliphatic rings. The van der Waals surface area contributed by atoms with Crippen LogP contribution in [0, 0.1) is 5.92 Å². The van der Waals surface area contributed by atoms with E-state index in [4.69, 9.17) is 16.3 Å². The Kier molecular flexibility index (Phi) is 6.04. The van der Waals surface area contributed by atoms with Gasteiger partial charge in [0.2, 0.25) is 0 Å². The number of ether oxygens (including phenoxy) is 1. The van der Waals surface area contributed by atoms with Crippen LogP contribution >= 0.6 is 38.9 Å². The summed E-state index contributed by atoms with van der Waals surface area (Å²) in [5.74, 6) is -0.164. The van der Waals surface area contributed by atoms with Crippen LogP contribution in [0.25, 0.3) is 0 Å². The number of likely N-dealkylation sites (tertiary alicyclic amines) is 1. The number of aliphatic carboxylic acids is 1. The van der Waals surface area contributed by atoms with Crippen LogP contribution in [-0.2, 0) is 4.79 Å². The third-order valence-electron chi connectivity index (χ3n) is 4.59. The number of rotatable bonds is 5. The van der Waals surface area contributed by atoms with Crippen molar-refractivity contribution in [3.8, 4) is 5.75 Å². The number of nitrogens with zero attached hydrogens (tertiary/aromatic N) is 1. The Labute approximate surface area is 164 Å². The highest BCUT2D eigenvalue weighted by molar-refractivity contribution is 9.11. The first-order chi connectivity index (χ1) is 12.0. The summed E-state index contributed by atoms with van der Waals surface area (Å²) < 4.78 is 6.64. The predicted molar refractivity (Wildman–Crippen MR) is 104 cm³/mol. The molecule has 1 N–H and O–H groups in total. The van der Waals surface area contributed by atoms with Gasteiger partial charge in [-0.05, 0) is 72.2 Å². The molecular formula is C18H19BrClNO3S. The van der Waals surface area contributed by atoms with Crippen LogP contribution in [0.15, 0.2) is 34.1 Å². The van der Waals surface area contributed by atoms with Gasteiger partial charge in [-0.2, -0.15) is 0 Å². The number of carbonyl (C=O) groups is 1. The summed E-state index contributed by atoms with van der Waals surface area (Å²) in [6.07, 6.45) is 1.31. The molecule has 3 rings (SSSR count). The van der Waals surface area contributed by atoms with E-state index < -0.39 is 5.97 Å². The summed E-state index contributed by atoms with van der Waals surface area (Å²) in [7, 11) is 1.66. The third-order valence-corrected chi connectivity index (χ3v) is 6.50. The molecule has 25 heavy (non-hydrogen) atoms. The average Bonchev–Trinajstić information content (AvgIpc) is 3.02. The second-order valence-corrected chi connectivity index (χ2v) is 9.01. The molecule has 0 saturated carbocycles. The first-order valence-electron chi connectivity index (χ1n) is 8.05. The number of benzene rings is 1. The van der Waals surface area contributed by atoms with Crippen molar-refractivity contribution in [1.82, 2.24) is 4.90 Å². The molecule has 0 bridgehead atoms. The molecule has 1 atom stereocenters. The van der Waals surface area contributed by atoms with Crippen LogP contribution in [0.2, 0.25) is 5.02 Å². The molecule has 2 heterocycles. The van der Waals surface area contributed by atoms with Crippen LogP contribution in [0.4, 0.5) is 0 Å². The van der Waals surface area contributed by atoms with E-state index >= 15 is 0 Å². The molecule has 0 aliphatic carbocycles. The van der Waals surface area contributed by atoms with E-state index in [-0.39, 0.29) is 12.0 Å². The van der Waals surface area contributed by atoms with E-state index in [1.807, 2.05) is 24.3 Å². The van der Waals surface area contributed by atoms with Crippen molar-refractivity contribution < 1.29 is 14.6 Å². The molecule has 134 valence electrons. The Morgan fingerprint density at radius 3 is 2.64 bits per heavy atom. The Hall–Kier alpha value is -1.08. The number of piperidine rings is 1. The van der Waals surface area contributed by atoms with Crippen LogP contribution < -0.4 is 4.74 Å². The first-order valence-corrected chi connectivity index (χ1v) is 10.0. The number of carboxylic acid groups (broad SMARTS) is 1. The van der Waals surface area contributed by atoms with Crippen LogP contribution in [-0.4, -0.2) is 36.2 Å². The standard InChI is InChI=1S/C18H19BrClNO3S/c1-24-14-3-2-12(20)10-13(14)17(15-4-5-16(19)25-15)21-8-6-11(7-9-21)18(22)23/h2-5,10-11,17H,6-9H2,1H3,(H,22,23). The monoisotopic (exact) mass is 443 g/mol. The molecule has 1 saturated heterocycles. The molecule has 7 heteroatoms. The minimum absolute atomic E-state index is 0.000283. The molecule has 2 aromatic rings. The van der Waals surface area contributed by atoms with E-state index in [9.17, 15) is 9.90 Å². The maximum atomic E-state index is 11.3. The molecule has 1 aromatic heterocycles. The lowest BCUT2D eigenvalue weighted by atomic mass is 9.93. The van der Waals surface area contributed by atoms with Crippen molar-refractivity contribution in [2.75, 3.05) is 20.2 Å². The third kappa shape index (κ3) is 4.19. The molecule has 1 fully saturated rings. The second-order valence-electron chi connectivity index (χ2n) is 6.08. The van der Waals surface area contributed by atoms with Crippen LogP contribution in [0.5, 0.6) is 5.75 Å². The molecular weight excluding hydrogens is 426 g/mol. The van der Waals surface area contributed by atoms with Gasteiger partial charge in [0.15, 0.2) is 0 Å². The van der Waals surface area contributed by atoms with E-state index in [0.29, 0.717) is 17.9 Å². The van der Waals surface area contributed by atoms with Crippen molar-refractivity contribution in [3.05, 3.63) is 49.6 Å². The van der Waals surface area contributed by atoms with Gasteiger partial charge in [0.05, 0.1) is 22.9 Å². The Morgan fingerprint density at radius 2 is 2.08 bits per heavy atom. The quantitative estimate of drug-likeness (QED) is 0.700. The van der Waals surface area contributed by atoms with Gasteiger partial charge in [0.25, 0.3) is 0 Å². The lowest BCUT2D eigenvalue weighted by molar-refractivity contribution is -0.143. The van der Waals surface area contributed by atoms with Crippen molar-refractivity contribution in [2.24, 2.45) is 5.92 Å². The van der Waals surface area contributed by atoms with E-state index in [0.717, 1.165) is 28.2 Å². The fraction of sp³-hybridized carbons (Fsp3) is 0.389. The minimum Gasteiger partial charge on any atom is -0.496 e. The van der Waals surface area contributed by atoms with E-state index in [2.05, 4.69) is 26.9 Å². The molecule has 1 aromatic carbocycles. The van der Waals surface area contributed by atoms with E-state index in [1.165, 1.54) is 4.88 Å². The molecule has 0 spiro atoms. The molecule has 0 amide bonds. The van der Waals surface area contributed by atoms with Gasteiger partial charge >= 0.3 is 5.97 Å². The number of hydrogen-bond donors (Lipinski definition) is 1. The van der Waals surface area contributed by atoms with E-state index in [1.54, 1.807) is 18.4 Å². The average molecular weight is 445 g/mol. The zero-order valence-electron chi connectivity index (χ0n) is 13.7. The van der Waals surface area contributed by atoms with Crippen LogP contribution in [0.3, 0.4) is 0 Å². The summed E-state index contributed by atoms with van der Waals surface area (Å²) in [4.78, 5) is 14.8. The molecule has 0 radical (unpaired) electrons. The number of hydrogen-bond acceptors (Lipinski definition) is 4. The van der Waals surface area contributed by atoms with Gasteiger partial charge in [0, 0.05) is 15.5 Å². The molecule has 1 unspecified atom stereocenters. The zero-order chi connectivity index (χ0) is 18.0. The van der Waals surface area contributed by atoms with Crippen LogP contribution in [0.1, 0.15) is 29.3 Å². The van der Waals surface area contributed by atoms with Crippen molar-refractivity contribution in [3.63, 3.8) is 0 Å². The van der Waals surface area contributed by atoms with Gasteiger partial charge in [-0.25, -0.2) is 0 Å². The number of thiophene rings is 1. The van der Waals surface area contributed by atoms with Crippen molar-refractivity contribution in [1.29, 1.82) is 0 Å². The summed E-state index contributed by atoms with van der Waals surface area (Å²) in [5, 5.41) is 9.92. The van der Waals surface area contributed by atoms with Gasteiger partial charge < -0.3 is 9.84 Å². The molecule has 4 nitrogen and oxygen atoms in total. The fourth-order valence-electron chi connectivity index (χ4n) is 3.33. The summed E-state index contributed by atoms with van der Waals surface area (Å²) in [6.45, 7) is 1.46. The fourth-order valence-corrected chi connectivity index (χ4v) is 5.09. The summed E-state index contributed by atoms with van der Waals surface area (Å²) in [5.41, 5.74) is 1.01. The normalized spacial score (nSPS) is 17.4. The zero-order valence-corrected chi connectivity index (χ0v) is 16.9. The van der Waals surface area contributed by atoms with Gasteiger partial charge in [-0.15, -0.1) is 11.3 Å². The molecule has 1 aliphatic heterocycles. The Bertz CT molecular complexity index is 759. The Balaban J connectivity index is 1.97. The smallest absolute Gasteiger partial charge is 0.306 e.